The van der Waals surface area contributed by atoms with Crippen LogP contribution in [0.2, 0.25) is 5.02 Å². The molecule has 0 spiro atoms. The van der Waals surface area contributed by atoms with Crippen LogP contribution in [0.1, 0.15) is 48.8 Å². The van der Waals surface area contributed by atoms with Crippen LogP contribution in [0.3, 0.4) is 0 Å². The van der Waals surface area contributed by atoms with E-state index in [1.54, 1.807) is 6.20 Å². The molecule has 0 bridgehead atoms. The van der Waals surface area contributed by atoms with E-state index < -0.39 is 0 Å². The van der Waals surface area contributed by atoms with Crippen molar-refractivity contribution in [3.8, 4) is 11.6 Å². The molecule has 31 heavy (non-hydrogen) atoms. The molecule has 5 rings (SSSR count). The van der Waals surface area contributed by atoms with E-state index in [0.29, 0.717) is 17.8 Å². The molecule has 0 radical (unpaired) electrons. The van der Waals surface area contributed by atoms with Crippen LogP contribution in [-0.2, 0) is 12.8 Å². The monoisotopic (exact) mass is 437 g/mol. The summed E-state index contributed by atoms with van der Waals surface area (Å²) in [5, 5.41) is 10.1. The average molecular weight is 438 g/mol. The van der Waals surface area contributed by atoms with E-state index in [-0.39, 0.29) is 6.10 Å². The van der Waals surface area contributed by atoms with Crippen LogP contribution in [-0.4, -0.2) is 50.9 Å². The van der Waals surface area contributed by atoms with Gasteiger partial charge in [0.1, 0.15) is 17.8 Å². The van der Waals surface area contributed by atoms with E-state index in [0.717, 1.165) is 55.2 Å². The van der Waals surface area contributed by atoms with E-state index >= 15 is 0 Å². The minimum Gasteiger partial charge on any atom is -0.474 e. The summed E-state index contributed by atoms with van der Waals surface area (Å²) in [6, 6.07) is 12.4. The molecule has 0 N–H and O–H groups in total. The van der Waals surface area contributed by atoms with E-state index in [2.05, 4.69) is 45.8 Å². The number of fused-ring (bicyclic) bond motifs is 3. The fourth-order valence-corrected chi connectivity index (χ4v) is 5.05. The van der Waals surface area contributed by atoms with Crippen LogP contribution < -0.4 is 4.74 Å². The molecule has 0 saturated heterocycles. The summed E-state index contributed by atoms with van der Waals surface area (Å²) in [5.74, 6) is 3.21. The second-order valence-electron chi connectivity index (χ2n) is 8.87. The Kier molecular flexibility index (Phi) is 5.67. The van der Waals surface area contributed by atoms with Gasteiger partial charge in [0.25, 0.3) is 0 Å². The number of halogens is 1. The summed E-state index contributed by atoms with van der Waals surface area (Å²) >= 11 is 6.36. The normalized spacial score (nSPS) is 23.2. The Morgan fingerprint density at radius 2 is 1.87 bits per heavy atom. The number of aromatic nitrogens is 4. The maximum Gasteiger partial charge on any atom is 0.213 e. The van der Waals surface area contributed by atoms with Gasteiger partial charge in [-0.2, -0.15) is 0 Å². The van der Waals surface area contributed by atoms with Gasteiger partial charge >= 0.3 is 0 Å². The topological polar surface area (TPSA) is 56.1 Å². The quantitative estimate of drug-likeness (QED) is 0.603. The zero-order chi connectivity index (χ0) is 21.4. The third kappa shape index (κ3) is 4.19. The van der Waals surface area contributed by atoms with Crippen molar-refractivity contribution in [1.82, 2.24) is 24.6 Å². The number of benzene rings is 1. The number of ether oxygens (including phenoxy) is 1. The van der Waals surface area contributed by atoms with Crippen LogP contribution in [0, 0.1) is 0 Å². The number of hydrogen-bond acceptors (Lipinski definition) is 5. The first-order valence-electron chi connectivity index (χ1n) is 11.1. The molecule has 1 fully saturated rings. The Morgan fingerprint density at radius 3 is 2.61 bits per heavy atom. The van der Waals surface area contributed by atoms with Crippen molar-refractivity contribution in [2.45, 2.75) is 56.6 Å². The van der Waals surface area contributed by atoms with Crippen molar-refractivity contribution >= 4 is 11.6 Å². The predicted octanol–water partition coefficient (Wildman–Crippen LogP) is 4.45. The molecule has 0 unspecified atom stereocenters. The lowest BCUT2D eigenvalue weighted by atomic mass is 9.86. The maximum absolute atomic E-state index is 6.36. The first-order chi connectivity index (χ1) is 15.1. The third-order valence-corrected chi connectivity index (χ3v) is 6.84. The number of hydrogen-bond donors (Lipinski definition) is 0. The van der Waals surface area contributed by atoms with Gasteiger partial charge < -0.3 is 9.64 Å². The maximum atomic E-state index is 6.36. The number of likely N-dealkylation sites (N-methyl/N-ethyl adjacent to an activating group) is 1. The Labute approximate surface area is 188 Å². The zero-order valence-corrected chi connectivity index (χ0v) is 18.8. The Hall–Kier alpha value is -2.44. The summed E-state index contributed by atoms with van der Waals surface area (Å²) < 4.78 is 8.39. The lowest BCUT2D eigenvalue weighted by Crippen LogP contribution is -2.31. The minimum atomic E-state index is 0.210. The van der Waals surface area contributed by atoms with Gasteiger partial charge in [0, 0.05) is 35.7 Å². The molecule has 1 aliphatic heterocycles. The molecule has 1 aromatic carbocycles. The van der Waals surface area contributed by atoms with Crippen molar-refractivity contribution in [3.63, 3.8) is 0 Å². The lowest BCUT2D eigenvalue weighted by Gasteiger charge is -2.28. The van der Waals surface area contributed by atoms with Gasteiger partial charge in [-0.25, -0.2) is 4.98 Å². The highest BCUT2D eigenvalue weighted by Crippen LogP contribution is 2.37. The highest BCUT2D eigenvalue weighted by Gasteiger charge is 2.32. The average Bonchev–Trinajstić information content (AvgIpc) is 3.10. The van der Waals surface area contributed by atoms with Gasteiger partial charge in [0.15, 0.2) is 0 Å². The van der Waals surface area contributed by atoms with Crippen LogP contribution in [0.25, 0.3) is 5.69 Å². The second-order valence-corrected chi connectivity index (χ2v) is 9.30. The molecule has 6 nitrogen and oxygen atoms in total. The summed E-state index contributed by atoms with van der Waals surface area (Å²) in [6.45, 7) is 0. The third-order valence-electron chi connectivity index (χ3n) is 6.61. The molecule has 2 aromatic heterocycles. The first kappa shape index (κ1) is 20.5. The predicted molar refractivity (Wildman–Crippen MR) is 121 cm³/mol. The molecular weight excluding hydrogens is 410 g/mol. The van der Waals surface area contributed by atoms with Gasteiger partial charge in [0.2, 0.25) is 5.88 Å². The molecular formula is C24H28ClN5O. The fraction of sp³-hybridized carbons (Fsp3) is 0.458. The van der Waals surface area contributed by atoms with Crippen molar-refractivity contribution in [3.05, 3.63) is 64.8 Å². The number of pyridine rings is 1. The highest BCUT2D eigenvalue weighted by molar-refractivity contribution is 6.30. The highest BCUT2D eigenvalue weighted by atomic mass is 35.5. The van der Waals surface area contributed by atoms with Crippen molar-refractivity contribution in [1.29, 1.82) is 0 Å². The standard InChI is InChI=1S/C24H28ClN5O/c1-29(2)19-14-17-13-18(25)8-11-21(17)30-22(15-19)27-28-24(30)16-6-9-20(10-7-16)31-23-5-3-4-12-26-23/h3-5,8,11-13,16,19-20H,6-7,9-10,14-15H2,1-2H3/t16-,19-,20-/m0/s1. The van der Waals surface area contributed by atoms with E-state index in [1.807, 2.05) is 24.3 Å². The second kappa shape index (κ2) is 8.60. The van der Waals surface area contributed by atoms with E-state index in [4.69, 9.17) is 21.4 Å². The molecule has 1 atom stereocenters. The largest absolute Gasteiger partial charge is 0.474 e. The molecule has 7 heteroatoms. The van der Waals surface area contributed by atoms with Gasteiger partial charge in [-0.05, 0) is 76.0 Å². The molecule has 3 aromatic rings. The van der Waals surface area contributed by atoms with Gasteiger partial charge in [-0.1, -0.05) is 17.7 Å². The molecule has 162 valence electrons. The van der Waals surface area contributed by atoms with E-state index in [9.17, 15) is 0 Å². The summed E-state index contributed by atoms with van der Waals surface area (Å²) in [4.78, 5) is 6.57. The molecule has 1 aliphatic carbocycles. The van der Waals surface area contributed by atoms with Crippen LogP contribution in [0.15, 0.2) is 42.6 Å². The fourth-order valence-electron chi connectivity index (χ4n) is 4.85. The van der Waals surface area contributed by atoms with Gasteiger partial charge in [-0.15, -0.1) is 10.2 Å². The number of rotatable bonds is 4. The van der Waals surface area contributed by atoms with Crippen LogP contribution in [0.5, 0.6) is 5.88 Å². The zero-order valence-electron chi connectivity index (χ0n) is 18.0. The molecule has 2 aliphatic rings. The molecule has 1 saturated carbocycles. The van der Waals surface area contributed by atoms with E-state index in [1.165, 1.54) is 11.3 Å². The van der Waals surface area contributed by atoms with Crippen molar-refractivity contribution < 1.29 is 4.74 Å². The summed E-state index contributed by atoms with van der Waals surface area (Å²) in [7, 11) is 4.26. The molecule has 3 heterocycles. The van der Waals surface area contributed by atoms with Gasteiger partial charge in [-0.3, -0.25) is 4.57 Å². The Morgan fingerprint density at radius 1 is 1.03 bits per heavy atom. The molecule has 0 amide bonds. The Bertz CT molecular complexity index is 1040. The smallest absolute Gasteiger partial charge is 0.213 e. The van der Waals surface area contributed by atoms with Crippen molar-refractivity contribution in [2.75, 3.05) is 14.1 Å². The summed E-state index contributed by atoms with van der Waals surface area (Å²) in [5.41, 5.74) is 2.44. The number of nitrogens with zero attached hydrogens (tertiary/aromatic N) is 5. The first-order valence-corrected chi connectivity index (χ1v) is 11.4. The van der Waals surface area contributed by atoms with Gasteiger partial charge in [0.05, 0.1) is 5.69 Å². The lowest BCUT2D eigenvalue weighted by molar-refractivity contribution is 0.139. The van der Waals surface area contributed by atoms with Crippen LogP contribution in [0.4, 0.5) is 0 Å². The van der Waals surface area contributed by atoms with Crippen LogP contribution >= 0.6 is 11.6 Å². The SMILES string of the molecule is CN(C)[C@H]1Cc2cc(Cl)ccc2-n2c(nnc2[C@H]2CC[C@H](Oc3ccccn3)CC2)C1. The van der Waals surface area contributed by atoms with Crippen molar-refractivity contribution in [2.24, 2.45) is 0 Å². The summed E-state index contributed by atoms with van der Waals surface area (Å²) in [6.07, 6.45) is 7.89. The minimum absolute atomic E-state index is 0.210. The Balaban J connectivity index is 1.40.